The number of fused-ring (bicyclic) bond motifs is 1. The number of aromatic nitrogens is 2. The second-order valence-electron chi connectivity index (χ2n) is 4.76. The van der Waals surface area contributed by atoms with Gasteiger partial charge < -0.3 is 10.5 Å². The minimum atomic E-state index is 0.541. The summed E-state index contributed by atoms with van der Waals surface area (Å²) in [6.07, 6.45) is 0.959. The van der Waals surface area contributed by atoms with Crippen LogP contribution in [0.3, 0.4) is 0 Å². The molecule has 2 aromatic heterocycles. The van der Waals surface area contributed by atoms with Crippen molar-refractivity contribution in [1.29, 1.82) is 0 Å². The van der Waals surface area contributed by atoms with Gasteiger partial charge in [-0.05, 0) is 35.2 Å². The minimum Gasteiger partial charge on any atom is -0.493 e. The summed E-state index contributed by atoms with van der Waals surface area (Å²) < 4.78 is 5.55. The van der Waals surface area contributed by atoms with Crippen LogP contribution < -0.4 is 10.5 Å². The first-order valence-corrected chi connectivity index (χ1v) is 7.35. The van der Waals surface area contributed by atoms with Crippen molar-refractivity contribution in [3.63, 3.8) is 0 Å². The Labute approximate surface area is 120 Å². The molecule has 5 heteroatoms. The summed E-state index contributed by atoms with van der Waals surface area (Å²) in [4.78, 5) is 1.13. The van der Waals surface area contributed by atoms with Gasteiger partial charge in [0.25, 0.3) is 0 Å². The number of thiophene rings is 1. The van der Waals surface area contributed by atoms with E-state index in [1.807, 2.05) is 23.6 Å². The number of hydrogen-bond acceptors (Lipinski definition) is 4. The van der Waals surface area contributed by atoms with Crippen LogP contribution in [-0.2, 0) is 6.42 Å². The number of H-pyrrole nitrogens is 1. The van der Waals surface area contributed by atoms with Gasteiger partial charge in [-0.3, -0.25) is 5.10 Å². The molecule has 3 N–H and O–H groups in total. The highest BCUT2D eigenvalue weighted by Crippen LogP contribution is 2.39. The van der Waals surface area contributed by atoms with Crippen molar-refractivity contribution in [3.05, 3.63) is 41.3 Å². The highest BCUT2D eigenvalue weighted by atomic mass is 32.1. The summed E-state index contributed by atoms with van der Waals surface area (Å²) in [5.41, 5.74) is 10.3. The smallest absolute Gasteiger partial charge is 0.154 e. The Morgan fingerprint density at radius 2 is 2.25 bits per heavy atom. The number of rotatable bonds is 2. The monoisotopic (exact) mass is 283 g/mol. The Balaban J connectivity index is 1.87. The van der Waals surface area contributed by atoms with E-state index in [0.29, 0.717) is 5.82 Å². The second-order valence-corrected chi connectivity index (χ2v) is 5.70. The Morgan fingerprint density at radius 3 is 3.10 bits per heavy atom. The summed E-state index contributed by atoms with van der Waals surface area (Å²) in [5.74, 6) is 1.53. The third-order valence-corrected chi connectivity index (χ3v) is 4.43. The number of hydrogen-bond donors (Lipinski definition) is 2. The van der Waals surface area contributed by atoms with Gasteiger partial charge in [0.2, 0.25) is 0 Å². The lowest BCUT2D eigenvalue weighted by Crippen LogP contribution is -1.87. The molecule has 0 amide bonds. The molecule has 0 saturated carbocycles. The van der Waals surface area contributed by atoms with E-state index in [0.717, 1.165) is 40.5 Å². The zero-order chi connectivity index (χ0) is 13.5. The molecule has 1 aliphatic rings. The molecule has 0 unspecified atom stereocenters. The van der Waals surface area contributed by atoms with Crippen LogP contribution in [0, 0.1) is 0 Å². The maximum atomic E-state index is 6.02. The molecular formula is C15H13N3OS. The maximum Gasteiger partial charge on any atom is 0.154 e. The molecule has 0 atom stereocenters. The molecule has 0 aliphatic carbocycles. The summed E-state index contributed by atoms with van der Waals surface area (Å²) in [6, 6.07) is 10.3. The van der Waals surface area contributed by atoms with Gasteiger partial charge in [0.1, 0.15) is 5.75 Å². The average molecular weight is 283 g/mol. The van der Waals surface area contributed by atoms with Gasteiger partial charge in [0.15, 0.2) is 5.82 Å². The normalized spacial score (nSPS) is 13.2. The number of anilines is 1. The van der Waals surface area contributed by atoms with Crippen LogP contribution in [0.15, 0.2) is 35.7 Å². The number of aromatic amines is 1. The lowest BCUT2D eigenvalue weighted by molar-refractivity contribution is 0.357. The van der Waals surface area contributed by atoms with E-state index in [9.17, 15) is 0 Å². The Morgan fingerprint density at radius 1 is 1.30 bits per heavy atom. The molecule has 1 aliphatic heterocycles. The molecule has 0 radical (unpaired) electrons. The van der Waals surface area contributed by atoms with Crippen LogP contribution in [0.2, 0.25) is 0 Å². The quantitative estimate of drug-likeness (QED) is 0.758. The minimum absolute atomic E-state index is 0.541. The van der Waals surface area contributed by atoms with Crippen molar-refractivity contribution in [2.45, 2.75) is 6.42 Å². The van der Waals surface area contributed by atoms with Crippen LogP contribution in [0.4, 0.5) is 5.82 Å². The van der Waals surface area contributed by atoms with E-state index < -0.39 is 0 Å². The predicted molar refractivity (Wildman–Crippen MR) is 80.9 cm³/mol. The average Bonchev–Trinajstić information content (AvgIpc) is 3.17. The Kier molecular flexibility index (Phi) is 2.53. The number of nitrogen functional groups attached to an aromatic ring is 1. The molecule has 3 aromatic rings. The summed E-state index contributed by atoms with van der Waals surface area (Å²) >= 11 is 1.66. The van der Waals surface area contributed by atoms with Crippen LogP contribution in [-0.4, -0.2) is 16.8 Å². The molecule has 0 fully saturated rings. The SMILES string of the molecule is Nc1n[nH]c(-c2ccc3c(c2)CCO3)c1-c1cccs1. The van der Waals surface area contributed by atoms with Gasteiger partial charge in [-0.15, -0.1) is 11.3 Å². The number of nitrogens with one attached hydrogen (secondary N) is 1. The molecule has 100 valence electrons. The van der Waals surface area contributed by atoms with Crippen molar-refractivity contribution >= 4 is 17.2 Å². The molecule has 4 rings (SSSR count). The van der Waals surface area contributed by atoms with Gasteiger partial charge in [0.05, 0.1) is 17.9 Å². The third kappa shape index (κ3) is 1.71. The lowest BCUT2D eigenvalue weighted by Gasteiger charge is -2.05. The van der Waals surface area contributed by atoms with Crippen LogP contribution >= 0.6 is 11.3 Å². The second kappa shape index (κ2) is 4.38. The van der Waals surface area contributed by atoms with E-state index in [4.69, 9.17) is 10.5 Å². The number of nitrogens with two attached hydrogens (primary N) is 1. The fourth-order valence-corrected chi connectivity index (χ4v) is 3.36. The van der Waals surface area contributed by atoms with Gasteiger partial charge >= 0.3 is 0 Å². The van der Waals surface area contributed by atoms with Gasteiger partial charge in [-0.1, -0.05) is 6.07 Å². The Bertz CT molecular complexity index is 762. The summed E-state index contributed by atoms with van der Waals surface area (Å²) in [6.45, 7) is 0.766. The fourth-order valence-electron chi connectivity index (χ4n) is 2.58. The van der Waals surface area contributed by atoms with Crippen molar-refractivity contribution < 1.29 is 4.74 Å². The Hall–Kier alpha value is -2.27. The fraction of sp³-hybridized carbons (Fsp3) is 0.133. The van der Waals surface area contributed by atoms with E-state index in [1.165, 1.54) is 5.56 Å². The van der Waals surface area contributed by atoms with E-state index in [2.05, 4.69) is 22.3 Å². The van der Waals surface area contributed by atoms with Gasteiger partial charge in [-0.2, -0.15) is 5.10 Å². The van der Waals surface area contributed by atoms with Crippen LogP contribution in [0.25, 0.3) is 21.7 Å². The summed E-state index contributed by atoms with van der Waals surface area (Å²) in [5, 5.41) is 9.28. The zero-order valence-corrected chi connectivity index (χ0v) is 11.5. The van der Waals surface area contributed by atoms with Gasteiger partial charge in [0, 0.05) is 16.9 Å². The third-order valence-electron chi connectivity index (χ3n) is 3.54. The van der Waals surface area contributed by atoms with Crippen LogP contribution in [0.1, 0.15) is 5.56 Å². The standard InChI is InChI=1S/C15H13N3OS/c16-15-13(12-2-1-7-20-12)14(17-18-15)10-3-4-11-9(8-10)5-6-19-11/h1-4,7-8H,5-6H2,(H3,16,17,18). The van der Waals surface area contributed by atoms with Crippen molar-refractivity contribution in [2.24, 2.45) is 0 Å². The van der Waals surface area contributed by atoms with Crippen molar-refractivity contribution in [2.75, 3.05) is 12.3 Å². The molecule has 0 spiro atoms. The largest absolute Gasteiger partial charge is 0.493 e. The topological polar surface area (TPSA) is 63.9 Å². The first-order chi connectivity index (χ1) is 9.83. The van der Waals surface area contributed by atoms with E-state index >= 15 is 0 Å². The van der Waals surface area contributed by atoms with E-state index in [1.54, 1.807) is 11.3 Å². The predicted octanol–water partition coefficient (Wildman–Crippen LogP) is 3.32. The van der Waals surface area contributed by atoms with E-state index in [-0.39, 0.29) is 0 Å². The molecule has 3 heterocycles. The first-order valence-electron chi connectivity index (χ1n) is 6.47. The van der Waals surface area contributed by atoms with Gasteiger partial charge in [-0.25, -0.2) is 0 Å². The lowest BCUT2D eigenvalue weighted by atomic mass is 10.0. The molecule has 4 nitrogen and oxygen atoms in total. The van der Waals surface area contributed by atoms with Crippen molar-refractivity contribution in [3.8, 4) is 27.4 Å². The first kappa shape index (κ1) is 11.5. The van der Waals surface area contributed by atoms with Crippen molar-refractivity contribution in [1.82, 2.24) is 10.2 Å². The molecule has 20 heavy (non-hydrogen) atoms. The number of ether oxygens (including phenoxy) is 1. The number of benzene rings is 1. The molecule has 1 aromatic carbocycles. The zero-order valence-electron chi connectivity index (χ0n) is 10.7. The number of nitrogens with zero attached hydrogens (tertiary/aromatic N) is 1. The van der Waals surface area contributed by atoms with Crippen LogP contribution in [0.5, 0.6) is 5.75 Å². The molecule has 0 bridgehead atoms. The highest BCUT2D eigenvalue weighted by molar-refractivity contribution is 7.13. The summed E-state index contributed by atoms with van der Waals surface area (Å²) in [7, 11) is 0. The molecular weight excluding hydrogens is 270 g/mol. The molecule has 0 saturated heterocycles. The maximum absolute atomic E-state index is 6.02. The highest BCUT2D eigenvalue weighted by Gasteiger charge is 2.18.